The number of urea groups is 1. The molecule has 0 fully saturated rings. The molecule has 5 heteroatoms. The zero-order valence-corrected chi connectivity index (χ0v) is 11.2. The third-order valence-corrected chi connectivity index (χ3v) is 2.85. The van der Waals surface area contributed by atoms with Crippen molar-refractivity contribution in [3.63, 3.8) is 0 Å². The second-order valence-electron chi connectivity index (χ2n) is 4.50. The molecule has 0 atom stereocenters. The number of amides is 2. The molecule has 0 aliphatic carbocycles. The van der Waals surface area contributed by atoms with Gasteiger partial charge in [0.1, 0.15) is 5.82 Å². The number of hydrogen-bond donors (Lipinski definition) is 1. The van der Waals surface area contributed by atoms with Crippen LogP contribution in [0, 0.1) is 5.82 Å². The average molecular weight is 273 g/mol. The van der Waals surface area contributed by atoms with Crippen LogP contribution in [0.15, 0.2) is 48.8 Å². The van der Waals surface area contributed by atoms with E-state index in [-0.39, 0.29) is 11.8 Å². The molecule has 0 aliphatic rings. The maximum absolute atomic E-state index is 13.0. The van der Waals surface area contributed by atoms with Gasteiger partial charge in [0.05, 0.1) is 0 Å². The fraction of sp³-hybridized carbons (Fsp3) is 0.200. The minimum absolute atomic E-state index is 0.203. The summed E-state index contributed by atoms with van der Waals surface area (Å²) in [5, 5.41) is 2.75. The Labute approximate surface area is 117 Å². The molecule has 0 radical (unpaired) electrons. The molecule has 104 valence electrons. The molecule has 0 bridgehead atoms. The number of aromatic nitrogens is 1. The second kappa shape index (κ2) is 6.65. The van der Waals surface area contributed by atoms with Gasteiger partial charge in [-0.25, -0.2) is 9.18 Å². The van der Waals surface area contributed by atoms with Crippen LogP contribution in [-0.4, -0.2) is 23.0 Å². The molecule has 0 saturated heterocycles. The lowest BCUT2D eigenvalue weighted by Crippen LogP contribution is -2.36. The van der Waals surface area contributed by atoms with Crippen LogP contribution in [-0.2, 0) is 13.1 Å². The van der Waals surface area contributed by atoms with Crippen molar-refractivity contribution in [1.29, 1.82) is 0 Å². The lowest BCUT2D eigenvalue weighted by molar-refractivity contribution is 0.206. The summed E-state index contributed by atoms with van der Waals surface area (Å²) in [6.45, 7) is 0.800. The van der Waals surface area contributed by atoms with Gasteiger partial charge in [-0.05, 0) is 35.4 Å². The maximum atomic E-state index is 13.0. The van der Waals surface area contributed by atoms with Crippen LogP contribution >= 0.6 is 0 Å². The fourth-order valence-electron chi connectivity index (χ4n) is 1.79. The third kappa shape index (κ3) is 4.05. The largest absolute Gasteiger partial charge is 0.334 e. The van der Waals surface area contributed by atoms with E-state index in [0.717, 1.165) is 11.1 Å². The van der Waals surface area contributed by atoms with Crippen LogP contribution in [0.5, 0.6) is 0 Å². The number of carbonyl (C=O) groups is 1. The van der Waals surface area contributed by atoms with Crippen LogP contribution in [0.1, 0.15) is 11.1 Å². The van der Waals surface area contributed by atoms with Gasteiger partial charge in [-0.15, -0.1) is 0 Å². The van der Waals surface area contributed by atoms with Crippen molar-refractivity contribution in [3.05, 3.63) is 65.7 Å². The lowest BCUT2D eigenvalue weighted by atomic mass is 10.2. The Morgan fingerprint density at radius 3 is 2.70 bits per heavy atom. The van der Waals surface area contributed by atoms with E-state index < -0.39 is 0 Å². The summed E-state index contributed by atoms with van der Waals surface area (Å²) < 4.78 is 13.0. The minimum Gasteiger partial charge on any atom is -0.334 e. The van der Waals surface area contributed by atoms with E-state index in [9.17, 15) is 9.18 Å². The first-order valence-corrected chi connectivity index (χ1v) is 6.27. The maximum Gasteiger partial charge on any atom is 0.317 e. The van der Waals surface area contributed by atoms with Gasteiger partial charge in [0.2, 0.25) is 0 Å². The number of nitrogens with zero attached hydrogens (tertiary/aromatic N) is 2. The Bertz CT molecular complexity index is 574. The fourth-order valence-corrected chi connectivity index (χ4v) is 1.79. The van der Waals surface area contributed by atoms with E-state index in [1.807, 2.05) is 12.1 Å². The van der Waals surface area contributed by atoms with Crippen molar-refractivity contribution >= 4 is 6.03 Å². The Hall–Kier alpha value is -2.43. The Morgan fingerprint density at radius 1 is 1.25 bits per heavy atom. The molecular weight excluding hydrogens is 257 g/mol. The number of rotatable bonds is 4. The van der Waals surface area contributed by atoms with Crippen molar-refractivity contribution in [2.75, 3.05) is 7.05 Å². The van der Waals surface area contributed by atoms with Crippen molar-refractivity contribution in [3.8, 4) is 0 Å². The quantitative estimate of drug-likeness (QED) is 0.930. The molecule has 2 amide bonds. The molecule has 1 aromatic heterocycles. The van der Waals surface area contributed by atoms with Crippen molar-refractivity contribution in [2.24, 2.45) is 0 Å². The first-order chi connectivity index (χ1) is 9.65. The predicted molar refractivity (Wildman–Crippen MR) is 74.3 cm³/mol. The van der Waals surface area contributed by atoms with E-state index >= 15 is 0 Å². The molecule has 1 N–H and O–H groups in total. The average Bonchev–Trinajstić information content (AvgIpc) is 2.46. The lowest BCUT2D eigenvalue weighted by Gasteiger charge is -2.18. The van der Waals surface area contributed by atoms with Gasteiger partial charge < -0.3 is 10.2 Å². The van der Waals surface area contributed by atoms with Crippen molar-refractivity contribution in [2.45, 2.75) is 13.1 Å². The molecular formula is C15H16FN3O. The highest BCUT2D eigenvalue weighted by molar-refractivity contribution is 5.73. The number of nitrogens with one attached hydrogen (secondary N) is 1. The van der Waals surface area contributed by atoms with E-state index in [1.54, 1.807) is 36.5 Å². The van der Waals surface area contributed by atoms with Gasteiger partial charge in [-0.3, -0.25) is 4.98 Å². The topological polar surface area (TPSA) is 45.2 Å². The summed E-state index contributed by atoms with van der Waals surface area (Å²) in [4.78, 5) is 17.4. The standard InChI is InChI=1S/C15H16FN3O/c1-19(11-12-5-7-17-8-6-12)15(20)18-10-13-3-2-4-14(16)9-13/h2-9H,10-11H2,1H3,(H,18,20). The number of halogens is 1. The monoisotopic (exact) mass is 273 g/mol. The van der Waals surface area contributed by atoms with E-state index in [4.69, 9.17) is 0 Å². The Balaban J connectivity index is 1.85. The van der Waals surface area contributed by atoms with Gasteiger partial charge in [0, 0.05) is 32.5 Å². The van der Waals surface area contributed by atoms with Crippen LogP contribution < -0.4 is 5.32 Å². The molecule has 0 saturated carbocycles. The van der Waals surface area contributed by atoms with E-state index in [2.05, 4.69) is 10.3 Å². The molecule has 1 heterocycles. The van der Waals surface area contributed by atoms with Gasteiger partial charge in [-0.1, -0.05) is 12.1 Å². The van der Waals surface area contributed by atoms with Crippen LogP contribution in [0.25, 0.3) is 0 Å². The van der Waals surface area contributed by atoms with Crippen LogP contribution in [0.4, 0.5) is 9.18 Å². The van der Waals surface area contributed by atoms with Gasteiger partial charge in [0.15, 0.2) is 0 Å². The van der Waals surface area contributed by atoms with Crippen LogP contribution in [0.3, 0.4) is 0 Å². The second-order valence-corrected chi connectivity index (χ2v) is 4.50. The summed E-state index contributed by atoms with van der Waals surface area (Å²) in [5.41, 5.74) is 1.74. The summed E-state index contributed by atoms with van der Waals surface area (Å²) >= 11 is 0. The van der Waals surface area contributed by atoms with Crippen LogP contribution in [0.2, 0.25) is 0 Å². The first-order valence-electron chi connectivity index (χ1n) is 6.27. The van der Waals surface area contributed by atoms with E-state index in [0.29, 0.717) is 13.1 Å². The normalized spacial score (nSPS) is 10.1. The first kappa shape index (κ1) is 14.0. The zero-order valence-electron chi connectivity index (χ0n) is 11.2. The molecule has 4 nitrogen and oxygen atoms in total. The number of carbonyl (C=O) groups excluding carboxylic acids is 1. The number of pyridine rings is 1. The molecule has 20 heavy (non-hydrogen) atoms. The minimum atomic E-state index is -0.304. The van der Waals surface area contributed by atoms with Gasteiger partial charge >= 0.3 is 6.03 Å². The number of hydrogen-bond acceptors (Lipinski definition) is 2. The highest BCUT2D eigenvalue weighted by atomic mass is 19.1. The Morgan fingerprint density at radius 2 is 2.00 bits per heavy atom. The Kier molecular flexibility index (Phi) is 4.65. The summed E-state index contributed by atoms with van der Waals surface area (Å²) in [7, 11) is 1.71. The predicted octanol–water partition coefficient (Wildman–Crippen LogP) is 2.56. The van der Waals surface area contributed by atoms with Crippen molar-refractivity contribution < 1.29 is 9.18 Å². The van der Waals surface area contributed by atoms with Gasteiger partial charge in [0.25, 0.3) is 0 Å². The molecule has 0 spiro atoms. The van der Waals surface area contributed by atoms with Gasteiger partial charge in [-0.2, -0.15) is 0 Å². The molecule has 0 unspecified atom stereocenters. The number of benzene rings is 1. The third-order valence-electron chi connectivity index (χ3n) is 2.85. The smallest absolute Gasteiger partial charge is 0.317 e. The zero-order chi connectivity index (χ0) is 14.4. The highest BCUT2D eigenvalue weighted by Crippen LogP contribution is 2.04. The highest BCUT2D eigenvalue weighted by Gasteiger charge is 2.08. The van der Waals surface area contributed by atoms with Crippen molar-refractivity contribution in [1.82, 2.24) is 15.2 Å². The summed E-state index contributed by atoms with van der Waals surface area (Å²) in [5.74, 6) is -0.304. The molecule has 0 aliphatic heterocycles. The summed E-state index contributed by atoms with van der Waals surface area (Å²) in [6.07, 6.45) is 3.38. The molecule has 2 rings (SSSR count). The molecule has 1 aromatic carbocycles. The SMILES string of the molecule is CN(Cc1ccncc1)C(=O)NCc1cccc(F)c1. The van der Waals surface area contributed by atoms with E-state index in [1.165, 1.54) is 12.1 Å². The summed E-state index contributed by atoms with van der Waals surface area (Å²) in [6, 6.07) is 9.69. The molecule has 2 aromatic rings.